The SMILES string of the molecule is CC1NCCC1C(=O)Nc1cccc(NS(N)(=O)=O)c1. The highest BCUT2D eigenvalue weighted by Gasteiger charge is 2.29. The fourth-order valence-corrected chi connectivity index (χ4v) is 2.73. The van der Waals surface area contributed by atoms with Gasteiger partial charge in [0.05, 0.1) is 11.6 Å². The Labute approximate surface area is 118 Å². The van der Waals surface area contributed by atoms with Crippen molar-refractivity contribution in [1.82, 2.24) is 5.32 Å². The van der Waals surface area contributed by atoms with E-state index in [-0.39, 0.29) is 17.9 Å². The highest BCUT2D eigenvalue weighted by atomic mass is 32.2. The molecule has 0 radical (unpaired) electrons. The van der Waals surface area contributed by atoms with Crippen LogP contribution < -0.4 is 20.5 Å². The van der Waals surface area contributed by atoms with Gasteiger partial charge >= 0.3 is 0 Å². The van der Waals surface area contributed by atoms with Gasteiger partial charge in [-0.15, -0.1) is 0 Å². The van der Waals surface area contributed by atoms with Crippen LogP contribution >= 0.6 is 0 Å². The Morgan fingerprint density at radius 2 is 2.10 bits per heavy atom. The molecule has 1 fully saturated rings. The zero-order valence-electron chi connectivity index (χ0n) is 11.1. The minimum atomic E-state index is -3.82. The second-order valence-electron chi connectivity index (χ2n) is 4.86. The van der Waals surface area contributed by atoms with Gasteiger partial charge in [0.2, 0.25) is 5.91 Å². The summed E-state index contributed by atoms with van der Waals surface area (Å²) in [5.41, 5.74) is 0.839. The van der Waals surface area contributed by atoms with Crippen molar-refractivity contribution in [2.75, 3.05) is 16.6 Å². The Bertz CT molecular complexity index is 602. The fourth-order valence-electron chi connectivity index (χ4n) is 2.28. The van der Waals surface area contributed by atoms with Crippen LogP contribution in [-0.4, -0.2) is 26.9 Å². The molecular formula is C12H18N4O3S. The lowest BCUT2D eigenvalue weighted by molar-refractivity contribution is -0.119. The number of rotatable bonds is 4. The Hall–Kier alpha value is -1.64. The molecule has 20 heavy (non-hydrogen) atoms. The molecule has 2 atom stereocenters. The van der Waals surface area contributed by atoms with Gasteiger partial charge in [0.25, 0.3) is 10.2 Å². The van der Waals surface area contributed by atoms with Gasteiger partial charge in [-0.3, -0.25) is 9.52 Å². The van der Waals surface area contributed by atoms with Gasteiger partial charge in [-0.1, -0.05) is 6.07 Å². The van der Waals surface area contributed by atoms with E-state index in [4.69, 9.17) is 5.14 Å². The normalized spacial score (nSPS) is 22.5. The first-order chi connectivity index (χ1) is 9.35. The number of nitrogens with two attached hydrogens (primary N) is 1. The van der Waals surface area contributed by atoms with E-state index in [9.17, 15) is 13.2 Å². The smallest absolute Gasteiger partial charge is 0.296 e. The second-order valence-corrected chi connectivity index (χ2v) is 6.15. The molecule has 1 aromatic carbocycles. The van der Waals surface area contributed by atoms with Crippen molar-refractivity contribution >= 4 is 27.5 Å². The van der Waals surface area contributed by atoms with Crippen LogP contribution in [0.2, 0.25) is 0 Å². The maximum atomic E-state index is 12.1. The predicted octanol–water partition coefficient (Wildman–Crippen LogP) is 0.239. The molecule has 110 valence electrons. The molecule has 1 amide bonds. The summed E-state index contributed by atoms with van der Waals surface area (Å²) < 4.78 is 24.1. The van der Waals surface area contributed by atoms with Crippen LogP contribution in [0.1, 0.15) is 13.3 Å². The zero-order valence-corrected chi connectivity index (χ0v) is 11.9. The summed E-state index contributed by atoms with van der Waals surface area (Å²) in [6.07, 6.45) is 0.794. The lowest BCUT2D eigenvalue weighted by Gasteiger charge is -2.15. The van der Waals surface area contributed by atoms with Crippen molar-refractivity contribution in [3.63, 3.8) is 0 Å². The van der Waals surface area contributed by atoms with Gasteiger partial charge < -0.3 is 10.6 Å². The summed E-state index contributed by atoms with van der Waals surface area (Å²) in [7, 11) is -3.82. The maximum absolute atomic E-state index is 12.1. The largest absolute Gasteiger partial charge is 0.326 e. The first-order valence-electron chi connectivity index (χ1n) is 6.30. The number of carbonyl (C=O) groups is 1. The number of anilines is 2. The molecule has 0 saturated carbocycles. The van der Waals surface area contributed by atoms with Crippen LogP contribution in [0, 0.1) is 5.92 Å². The molecule has 1 aliphatic heterocycles. The molecular weight excluding hydrogens is 280 g/mol. The standard InChI is InChI=1S/C12H18N4O3S/c1-8-11(5-6-14-8)12(17)15-9-3-2-4-10(7-9)16-20(13,18)19/h2-4,7-8,11,14,16H,5-6H2,1H3,(H,15,17)(H2,13,18,19). The van der Waals surface area contributed by atoms with Crippen molar-refractivity contribution in [3.05, 3.63) is 24.3 Å². The van der Waals surface area contributed by atoms with Crippen molar-refractivity contribution in [2.24, 2.45) is 11.1 Å². The first kappa shape index (κ1) is 14.8. The molecule has 0 spiro atoms. The predicted molar refractivity (Wildman–Crippen MR) is 77.4 cm³/mol. The number of nitrogens with one attached hydrogen (secondary N) is 3. The minimum Gasteiger partial charge on any atom is -0.326 e. The minimum absolute atomic E-state index is 0.0738. The second kappa shape index (κ2) is 5.78. The Balaban J connectivity index is 2.06. The molecule has 1 aliphatic rings. The van der Waals surface area contributed by atoms with E-state index in [0.717, 1.165) is 13.0 Å². The molecule has 5 N–H and O–H groups in total. The molecule has 1 heterocycles. The summed E-state index contributed by atoms with van der Waals surface area (Å²) in [5, 5.41) is 10.9. The summed E-state index contributed by atoms with van der Waals surface area (Å²) in [6, 6.07) is 6.55. The van der Waals surface area contributed by atoms with Gasteiger partial charge in [0, 0.05) is 11.7 Å². The van der Waals surface area contributed by atoms with Crippen molar-refractivity contribution in [3.8, 4) is 0 Å². The monoisotopic (exact) mass is 298 g/mol. The Morgan fingerprint density at radius 3 is 2.70 bits per heavy atom. The third kappa shape index (κ3) is 3.92. The van der Waals surface area contributed by atoms with Crippen LogP contribution in [0.3, 0.4) is 0 Å². The highest BCUT2D eigenvalue weighted by molar-refractivity contribution is 7.90. The number of carbonyl (C=O) groups excluding carboxylic acids is 1. The molecule has 1 aromatic rings. The van der Waals surface area contributed by atoms with E-state index in [0.29, 0.717) is 11.4 Å². The van der Waals surface area contributed by atoms with Crippen LogP contribution in [0.15, 0.2) is 24.3 Å². The Morgan fingerprint density at radius 1 is 1.40 bits per heavy atom. The molecule has 0 aliphatic carbocycles. The van der Waals surface area contributed by atoms with Crippen molar-refractivity contribution in [2.45, 2.75) is 19.4 Å². The molecule has 0 bridgehead atoms. The van der Waals surface area contributed by atoms with Gasteiger partial charge in [-0.2, -0.15) is 8.42 Å². The van der Waals surface area contributed by atoms with E-state index in [1.54, 1.807) is 18.2 Å². The highest BCUT2D eigenvalue weighted by Crippen LogP contribution is 2.20. The quantitative estimate of drug-likeness (QED) is 0.637. The lowest BCUT2D eigenvalue weighted by Crippen LogP contribution is -2.32. The van der Waals surface area contributed by atoms with Crippen LogP contribution in [0.5, 0.6) is 0 Å². The molecule has 0 aromatic heterocycles. The average molecular weight is 298 g/mol. The number of hydrogen-bond donors (Lipinski definition) is 4. The summed E-state index contributed by atoms with van der Waals surface area (Å²) in [5.74, 6) is -0.153. The van der Waals surface area contributed by atoms with Gasteiger partial charge in [-0.25, -0.2) is 5.14 Å². The zero-order chi connectivity index (χ0) is 14.8. The lowest BCUT2D eigenvalue weighted by atomic mass is 10.0. The van der Waals surface area contributed by atoms with Crippen molar-refractivity contribution < 1.29 is 13.2 Å². The molecule has 8 heteroatoms. The summed E-state index contributed by atoms with van der Waals surface area (Å²) >= 11 is 0. The summed E-state index contributed by atoms with van der Waals surface area (Å²) in [6.45, 7) is 2.79. The number of amides is 1. The third-order valence-electron chi connectivity index (χ3n) is 3.25. The third-order valence-corrected chi connectivity index (χ3v) is 3.77. The van der Waals surface area contributed by atoms with Gasteiger partial charge in [0.15, 0.2) is 0 Å². The molecule has 2 rings (SSSR count). The number of hydrogen-bond acceptors (Lipinski definition) is 4. The summed E-state index contributed by atoms with van der Waals surface area (Å²) in [4.78, 5) is 12.1. The molecule has 1 saturated heterocycles. The average Bonchev–Trinajstić information content (AvgIpc) is 2.73. The van der Waals surface area contributed by atoms with E-state index in [1.807, 2.05) is 6.92 Å². The fraction of sp³-hybridized carbons (Fsp3) is 0.417. The van der Waals surface area contributed by atoms with E-state index >= 15 is 0 Å². The molecule has 2 unspecified atom stereocenters. The molecule has 7 nitrogen and oxygen atoms in total. The van der Waals surface area contributed by atoms with Gasteiger partial charge in [0.1, 0.15) is 0 Å². The van der Waals surface area contributed by atoms with E-state index in [1.165, 1.54) is 6.07 Å². The van der Waals surface area contributed by atoms with E-state index < -0.39 is 10.2 Å². The number of benzene rings is 1. The van der Waals surface area contributed by atoms with Crippen LogP contribution in [0.4, 0.5) is 11.4 Å². The van der Waals surface area contributed by atoms with Crippen molar-refractivity contribution in [1.29, 1.82) is 0 Å². The first-order valence-corrected chi connectivity index (χ1v) is 7.84. The van der Waals surface area contributed by atoms with E-state index in [2.05, 4.69) is 15.4 Å². The van der Waals surface area contributed by atoms with Crippen LogP contribution in [0.25, 0.3) is 0 Å². The topological polar surface area (TPSA) is 113 Å². The van der Waals surface area contributed by atoms with Crippen LogP contribution in [-0.2, 0) is 15.0 Å². The Kier molecular flexibility index (Phi) is 4.26. The maximum Gasteiger partial charge on any atom is 0.296 e. The van der Waals surface area contributed by atoms with Gasteiger partial charge in [-0.05, 0) is 38.1 Å².